The maximum atomic E-state index is 13.2. The summed E-state index contributed by atoms with van der Waals surface area (Å²) in [5.74, 6) is -0.730. The number of hydrogen-bond donors (Lipinski definition) is 2. The van der Waals surface area contributed by atoms with E-state index in [0.717, 1.165) is 0 Å². The van der Waals surface area contributed by atoms with E-state index >= 15 is 0 Å². The smallest absolute Gasteiger partial charge is 0.259 e. The lowest BCUT2D eigenvalue weighted by Crippen LogP contribution is -2.14. The number of nitrogens with zero attached hydrogens (tertiary/aromatic N) is 1. The van der Waals surface area contributed by atoms with Gasteiger partial charge in [-0.15, -0.1) is 0 Å². The van der Waals surface area contributed by atoms with Crippen LogP contribution < -0.4 is 15.8 Å². The largest absolute Gasteiger partial charge is 0.494 e. The Morgan fingerprint density at radius 3 is 2.89 bits per heavy atom. The Balaban J connectivity index is 2.22. The minimum Gasteiger partial charge on any atom is -0.494 e. The number of carbonyl (C=O) groups excluding carboxylic acids is 1. The second kappa shape index (κ2) is 5.34. The molecule has 0 atom stereocenters. The van der Waals surface area contributed by atoms with Crippen molar-refractivity contribution in [2.45, 2.75) is 0 Å². The van der Waals surface area contributed by atoms with Crippen LogP contribution in [0.15, 0.2) is 36.5 Å². The van der Waals surface area contributed by atoms with Crippen LogP contribution in [0.2, 0.25) is 0 Å². The first kappa shape index (κ1) is 12.8. The second-order valence-electron chi connectivity index (χ2n) is 3.74. The zero-order chi connectivity index (χ0) is 13.8. The van der Waals surface area contributed by atoms with Crippen LogP contribution >= 0.6 is 0 Å². The van der Waals surface area contributed by atoms with Crippen molar-refractivity contribution in [1.82, 2.24) is 4.98 Å². The van der Waals surface area contributed by atoms with Gasteiger partial charge in [0.2, 0.25) is 0 Å². The number of nitrogens with one attached hydrogen (secondary N) is 1. The zero-order valence-corrected chi connectivity index (χ0v) is 10.2. The molecule has 1 amide bonds. The lowest BCUT2D eigenvalue weighted by atomic mass is 10.2. The monoisotopic (exact) mass is 261 g/mol. The van der Waals surface area contributed by atoms with E-state index in [4.69, 9.17) is 10.5 Å². The van der Waals surface area contributed by atoms with Gasteiger partial charge in [0.15, 0.2) is 11.6 Å². The standard InChI is InChI=1S/C13H12FN3O2/c1-19-11-7-8(4-5-10(11)14)17-13(18)9-3-2-6-16-12(9)15/h2-7H,1H3,(H2,15,16)(H,17,18). The van der Waals surface area contributed by atoms with Gasteiger partial charge in [-0.25, -0.2) is 9.37 Å². The van der Waals surface area contributed by atoms with Gasteiger partial charge in [-0.3, -0.25) is 4.79 Å². The maximum Gasteiger partial charge on any atom is 0.259 e. The van der Waals surface area contributed by atoms with Gasteiger partial charge in [-0.1, -0.05) is 0 Å². The van der Waals surface area contributed by atoms with Gasteiger partial charge in [0, 0.05) is 18.0 Å². The molecule has 6 heteroatoms. The average Bonchev–Trinajstić information content (AvgIpc) is 2.41. The topological polar surface area (TPSA) is 77.2 Å². The highest BCUT2D eigenvalue weighted by atomic mass is 19.1. The third-order valence-corrected chi connectivity index (χ3v) is 2.49. The molecule has 2 aromatic rings. The third kappa shape index (κ3) is 2.79. The fraction of sp³-hybridized carbons (Fsp3) is 0.0769. The molecule has 0 radical (unpaired) electrons. The summed E-state index contributed by atoms with van der Waals surface area (Å²) in [6.07, 6.45) is 1.49. The number of aromatic nitrogens is 1. The Hall–Kier alpha value is -2.63. The molecule has 0 unspecified atom stereocenters. The minimum atomic E-state index is -0.499. The highest BCUT2D eigenvalue weighted by Crippen LogP contribution is 2.22. The Labute approximate surface area is 109 Å². The first-order valence-corrected chi connectivity index (χ1v) is 5.47. The zero-order valence-electron chi connectivity index (χ0n) is 10.2. The number of halogens is 1. The van der Waals surface area contributed by atoms with E-state index in [9.17, 15) is 9.18 Å². The lowest BCUT2D eigenvalue weighted by molar-refractivity contribution is 0.102. The molecular formula is C13H12FN3O2. The first-order chi connectivity index (χ1) is 9.11. The summed E-state index contributed by atoms with van der Waals surface area (Å²) in [6.45, 7) is 0. The van der Waals surface area contributed by atoms with Crippen molar-refractivity contribution >= 4 is 17.4 Å². The van der Waals surface area contributed by atoms with Crippen LogP contribution in [-0.4, -0.2) is 18.0 Å². The normalized spacial score (nSPS) is 10.0. The van der Waals surface area contributed by atoms with Crippen molar-refractivity contribution in [1.29, 1.82) is 0 Å². The summed E-state index contributed by atoms with van der Waals surface area (Å²) in [6, 6.07) is 7.19. The number of nitrogens with two attached hydrogens (primary N) is 1. The minimum absolute atomic E-state index is 0.0527. The summed E-state index contributed by atoms with van der Waals surface area (Å²) >= 11 is 0. The fourth-order valence-corrected chi connectivity index (χ4v) is 1.55. The summed E-state index contributed by atoms with van der Waals surface area (Å²) in [5, 5.41) is 2.60. The Morgan fingerprint density at radius 2 is 2.21 bits per heavy atom. The van der Waals surface area contributed by atoms with E-state index < -0.39 is 11.7 Å². The molecule has 3 N–H and O–H groups in total. The average molecular weight is 261 g/mol. The molecule has 0 aliphatic rings. The van der Waals surface area contributed by atoms with Crippen LogP contribution in [0.1, 0.15) is 10.4 Å². The van der Waals surface area contributed by atoms with E-state index in [-0.39, 0.29) is 17.1 Å². The summed E-state index contributed by atoms with van der Waals surface area (Å²) in [4.78, 5) is 15.8. The molecule has 19 heavy (non-hydrogen) atoms. The number of ether oxygens (including phenoxy) is 1. The molecule has 0 fully saturated rings. The maximum absolute atomic E-state index is 13.2. The lowest BCUT2D eigenvalue weighted by Gasteiger charge is -2.08. The number of pyridine rings is 1. The molecule has 0 aliphatic carbocycles. The van der Waals surface area contributed by atoms with Crippen LogP contribution in [0.5, 0.6) is 5.75 Å². The van der Waals surface area contributed by atoms with Crippen molar-refractivity contribution in [2.75, 3.05) is 18.2 Å². The van der Waals surface area contributed by atoms with Crippen molar-refractivity contribution in [3.63, 3.8) is 0 Å². The van der Waals surface area contributed by atoms with Gasteiger partial charge in [0.05, 0.1) is 12.7 Å². The van der Waals surface area contributed by atoms with Gasteiger partial charge in [-0.05, 0) is 24.3 Å². The van der Waals surface area contributed by atoms with Crippen molar-refractivity contribution < 1.29 is 13.9 Å². The van der Waals surface area contributed by atoms with Crippen molar-refractivity contribution in [3.05, 3.63) is 47.9 Å². The molecule has 0 spiro atoms. The number of nitrogen functional groups attached to an aromatic ring is 1. The van der Waals surface area contributed by atoms with Crippen LogP contribution in [0.3, 0.4) is 0 Å². The predicted molar refractivity (Wildman–Crippen MR) is 69.6 cm³/mol. The Kier molecular flexibility index (Phi) is 3.61. The molecule has 1 heterocycles. The molecule has 1 aromatic heterocycles. The van der Waals surface area contributed by atoms with Crippen molar-refractivity contribution in [2.24, 2.45) is 0 Å². The number of amides is 1. The molecule has 0 saturated carbocycles. The predicted octanol–water partition coefficient (Wildman–Crippen LogP) is 2.06. The number of rotatable bonds is 3. The SMILES string of the molecule is COc1cc(NC(=O)c2cccnc2N)ccc1F. The second-order valence-corrected chi connectivity index (χ2v) is 3.74. The van der Waals surface area contributed by atoms with E-state index in [2.05, 4.69) is 10.3 Å². The molecule has 0 aliphatic heterocycles. The molecule has 1 aromatic carbocycles. The van der Waals surface area contributed by atoms with E-state index in [1.54, 1.807) is 12.1 Å². The van der Waals surface area contributed by atoms with Gasteiger partial charge in [0.1, 0.15) is 5.82 Å². The highest BCUT2D eigenvalue weighted by Gasteiger charge is 2.11. The number of methoxy groups -OCH3 is 1. The molecule has 5 nitrogen and oxygen atoms in total. The molecule has 98 valence electrons. The Morgan fingerprint density at radius 1 is 1.42 bits per heavy atom. The summed E-state index contributed by atoms with van der Waals surface area (Å²) in [5.41, 5.74) is 6.26. The molecule has 2 rings (SSSR count). The van der Waals surface area contributed by atoms with E-state index in [1.165, 1.54) is 31.5 Å². The Bertz CT molecular complexity index is 617. The van der Waals surface area contributed by atoms with Crippen LogP contribution in [0, 0.1) is 5.82 Å². The van der Waals surface area contributed by atoms with Crippen LogP contribution in [0.4, 0.5) is 15.9 Å². The number of anilines is 2. The van der Waals surface area contributed by atoms with Gasteiger partial charge in [-0.2, -0.15) is 0 Å². The van der Waals surface area contributed by atoms with Gasteiger partial charge >= 0.3 is 0 Å². The van der Waals surface area contributed by atoms with Crippen LogP contribution in [0.25, 0.3) is 0 Å². The molecular weight excluding hydrogens is 249 g/mol. The fourth-order valence-electron chi connectivity index (χ4n) is 1.55. The molecule has 0 bridgehead atoms. The third-order valence-electron chi connectivity index (χ3n) is 2.49. The number of carbonyl (C=O) groups is 1. The summed E-state index contributed by atoms with van der Waals surface area (Å²) < 4.78 is 18.1. The highest BCUT2D eigenvalue weighted by molar-refractivity contribution is 6.07. The van der Waals surface area contributed by atoms with Gasteiger partial charge in [0.25, 0.3) is 5.91 Å². The first-order valence-electron chi connectivity index (χ1n) is 5.47. The van der Waals surface area contributed by atoms with E-state index in [1.807, 2.05) is 0 Å². The molecule has 0 saturated heterocycles. The number of hydrogen-bond acceptors (Lipinski definition) is 4. The number of benzene rings is 1. The van der Waals surface area contributed by atoms with Gasteiger partial charge < -0.3 is 15.8 Å². The van der Waals surface area contributed by atoms with Crippen LogP contribution in [-0.2, 0) is 0 Å². The summed E-state index contributed by atoms with van der Waals surface area (Å²) in [7, 11) is 1.35. The van der Waals surface area contributed by atoms with Crippen molar-refractivity contribution in [3.8, 4) is 5.75 Å². The quantitative estimate of drug-likeness (QED) is 0.886. The van der Waals surface area contributed by atoms with E-state index in [0.29, 0.717) is 5.69 Å².